The van der Waals surface area contributed by atoms with Crippen molar-refractivity contribution in [3.63, 3.8) is 0 Å². The van der Waals surface area contributed by atoms with Gasteiger partial charge in [-0.3, -0.25) is 0 Å². The molecule has 1 fully saturated rings. The SMILES string of the molecule is CC1C(Cl)CCC1Cc1ccccc1F. The fraction of sp³-hybridized carbons (Fsp3) is 0.538. The van der Waals surface area contributed by atoms with Crippen LogP contribution in [0, 0.1) is 17.7 Å². The molecule has 0 aliphatic heterocycles. The first-order valence-corrected chi connectivity index (χ1v) is 5.99. The normalized spacial score (nSPS) is 30.7. The van der Waals surface area contributed by atoms with Crippen molar-refractivity contribution >= 4 is 11.6 Å². The zero-order chi connectivity index (χ0) is 10.8. The van der Waals surface area contributed by atoms with E-state index in [1.54, 1.807) is 6.07 Å². The Morgan fingerprint density at radius 2 is 2.07 bits per heavy atom. The van der Waals surface area contributed by atoms with Crippen molar-refractivity contribution in [1.29, 1.82) is 0 Å². The predicted molar refractivity (Wildman–Crippen MR) is 61.6 cm³/mol. The average Bonchev–Trinajstić information content (AvgIpc) is 2.53. The lowest BCUT2D eigenvalue weighted by atomic mass is 9.91. The van der Waals surface area contributed by atoms with E-state index in [2.05, 4.69) is 6.92 Å². The van der Waals surface area contributed by atoms with E-state index < -0.39 is 0 Å². The third kappa shape index (κ3) is 2.34. The van der Waals surface area contributed by atoms with Gasteiger partial charge in [-0.25, -0.2) is 4.39 Å². The Balaban J connectivity index is 2.07. The third-order valence-electron chi connectivity index (χ3n) is 3.57. The Labute approximate surface area is 95.4 Å². The Kier molecular flexibility index (Phi) is 3.30. The summed E-state index contributed by atoms with van der Waals surface area (Å²) >= 11 is 6.17. The van der Waals surface area contributed by atoms with Gasteiger partial charge in [0.1, 0.15) is 5.82 Å². The van der Waals surface area contributed by atoms with E-state index in [-0.39, 0.29) is 11.2 Å². The van der Waals surface area contributed by atoms with Crippen LogP contribution in [-0.4, -0.2) is 5.38 Å². The summed E-state index contributed by atoms with van der Waals surface area (Å²) in [4.78, 5) is 0. The molecule has 1 aromatic rings. The van der Waals surface area contributed by atoms with E-state index in [9.17, 15) is 4.39 Å². The first-order valence-electron chi connectivity index (χ1n) is 5.56. The molecule has 2 heteroatoms. The lowest BCUT2D eigenvalue weighted by molar-refractivity contribution is 0.413. The summed E-state index contributed by atoms with van der Waals surface area (Å²) < 4.78 is 13.4. The minimum atomic E-state index is -0.0808. The highest BCUT2D eigenvalue weighted by Gasteiger charge is 2.31. The summed E-state index contributed by atoms with van der Waals surface area (Å²) in [6.07, 6.45) is 3.03. The van der Waals surface area contributed by atoms with Crippen LogP contribution in [0.2, 0.25) is 0 Å². The molecule has 3 atom stereocenters. The van der Waals surface area contributed by atoms with Crippen LogP contribution in [0.3, 0.4) is 0 Å². The second kappa shape index (κ2) is 4.52. The van der Waals surface area contributed by atoms with Crippen LogP contribution in [0.1, 0.15) is 25.3 Å². The van der Waals surface area contributed by atoms with Crippen molar-refractivity contribution in [2.24, 2.45) is 11.8 Å². The van der Waals surface area contributed by atoms with Crippen molar-refractivity contribution in [3.05, 3.63) is 35.6 Å². The van der Waals surface area contributed by atoms with Crippen molar-refractivity contribution in [3.8, 4) is 0 Å². The molecule has 0 radical (unpaired) electrons. The molecule has 0 bridgehead atoms. The fourth-order valence-corrected chi connectivity index (χ4v) is 2.76. The number of rotatable bonds is 2. The predicted octanol–water partition coefficient (Wildman–Crippen LogP) is 4.02. The van der Waals surface area contributed by atoms with Crippen molar-refractivity contribution in [2.45, 2.75) is 31.6 Å². The Bertz CT molecular complexity index is 337. The van der Waals surface area contributed by atoms with Gasteiger partial charge in [0.2, 0.25) is 0 Å². The van der Waals surface area contributed by atoms with E-state index in [4.69, 9.17) is 11.6 Å². The van der Waals surface area contributed by atoms with Crippen LogP contribution >= 0.6 is 11.6 Å². The van der Waals surface area contributed by atoms with Crippen LogP contribution in [0.25, 0.3) is 0 Å². The van der Waals surface area contributed by atoms with Crippen molar-refractivity contribution < 1.29 is 4.39 Å². The lowest BCUT2D eigenvalue weighted by Crippen LogP contribution is -2.13. The van der Waals surface area contributed by atoms with E-state index in [1.807, 2.05) is 12.1 Å². The molecule has 1 saturated carbocycles. The number of benzene rings is 1. The molecule has 82 valence electrons. The fourth-order valence-electron chi connectivity index (χ4n) is 2.43. The highest BCUT2D eigenvalue weighted by molar-refractivity contribution is 6.20. The molecule has 0 heterocycles. The van der Waals surface area contributed by atoms with Crippen LogP contribution < -0.4 is 0 Å². The summed E-state index contributed by atoms with van der Waals surface area (Å²) in [5.41, 5.74) is 0.833. The molecule has 0 N–H and O–H groups in total. The minimum Gasteiger partial charge on any atom is -0.207 e. The van der Waals surface area contributed by atoms with E-state index in [0.29, 0.717) is 11.8 Å². The molecule has 1 aliphatic rings. The van der Waals surface area contributed by atoms with E-state index >= 15 is 0 Å². The van der Waals surface area contributed by atoms with Gasteiger partial charge in [-0.15, -0.1) is 11.6 Å². The summed E-state index contributed by atoms with van der Waals surface area (Å²) in [6, 6.07) is 7.05. The number of alkyl halides is 1. The second-order valence-corrected chi connectivity index (χ2v) is 5.07. The lowest BCUT2D eigenvalue weighted by Gasteiger charge is -2.17. The van der Waals surface area contributed by atoms with Gasteiger partial charge in [0, 0.05) is 5.38 Å². The van der Waals surface area contributed by atoms with Crippen LogP contribution in [0.5, 0.6) is 0 Å². The molecule has 0 amide bonds. The molecule has 15 heavy (non-hydrogen) atoms. The maximum Gasteiger partial charge on any atom is 0.126 e. The van der Waals surface area contributed by atoms with Gasteiger partial charge < -0.3 is 0 Å². The van der Waals surface area contributed by atoms with Gasteiger partial charge >= 0.3 is 0 Å². The Morgan fingerprint density at radius 1 is 1.33 bits per heavy atom. The second-order valence-electron chi connectivity index (χ2n) is 4.51. The number of halogens is 2. The van der Waals surface area contributed by atoms with Crippen molar-refractivity contribution in [2.75, 3.05) is 0 Å². The zero-order valence-corrected chi connectivity index (χ0v) is 9.67. The molecule has 1 aliphatic carbocycles. The smallest absolute Gasteiger partial charge is 0.126 e. The van der Waals surface area contributed by atoms with Gasteiger partial charge in [0.25, 0.3) is 0 Å². The number of hydrogen-bond donors (Lipinski definition) is 0. The first-order chi connectivity index (χ1) is 7.18. The molecule has 3 unspecified atom stereocenters. The van der Waals surface area contributed by atoms with Crippen molar-refractivity contribution in [1.82, 2.24) is 0 Å². The molecule has 0 nitrogen and oxygen atoms in total. The molecular formula is C13H16ClF. The Hall–Kier alpha value is -0.560. The molecule has 2 rings (SSSR count). The van der Waals surface area contributed by atoms with Gasteiger partial charge in [-0.1, -0.05) is 25.1 Å². The molecule has 0 aromatic heterocycles. The summed E-state index contributed by atoms with van der Waals surface area (Å²) in [6.45, 7) is 2.18. The largest absolute Gasteiger partial charge is 0.207 e. The maximum atomic E-state index is 13.4. The molecule has 0 saturated heterocycles. The van der Waals surface area contributed by atoms with Gasteiger partial charge in [-0.05, 0) is 42.7 Å². The highest BCUT2D eigenvalue weighted by atomic mass is 35.5. The monoisotopic (exact) mass is 226 g/mol. The quantitative estimate of drug-likeness (QED) is 0.669. The van der Waals surface area contributed by atoms with Gasteiger partial charge in [-0.2, -0.15) is 0 Å². The standard InChI is InChI=1S/C13H16ClF/c1-9-10(6-7-12(9)14)8-11-4-2-3-5-13(11)15/h2-5,9-10,12H,6-8H2,1H3. The topological polar surface area (TPSA) is 0 Å². The Morgan fingerprint density at radius 3 is 2.67 bits per heavy atom. The highest BCUT2D eigenvalue weighted by Crippen LogP contribution is 2.37. The van der Waals surface area contributed by atoms with E-state index in [0.717, 1.165) is 24.8 Å². The average molecular weight is 227 g/mol. The maximum absolute atomic E-state index is 13.4. The molecule has 0 spiro atoms. The zero-order valence-electron chi connectivity index (χ0n) is 8.92. The van der Waals surface area contributed by atoms with Gasteiger partial charge in [0.15, 0.2) is 0 Å². The van der Waals surface area contributed by atoms with Crippen LogP contribution in [0.15, 0.2) is 24.3 Å². The summed E-state index contributed by atoms with van der Waals surface area (Å²) in [5.74, 6) is 0.971. The van der Waals surface area contributed by atoms with E-state index in [1.165, 1.54) is 6.07 Å². The van der Waals surface area contributed by atoms with Gasteiger partial charge in [0.05, 0.1) is 0 Å². The first kappa shape index (κ1) is 10.9. The summed E-state index contributed by atoms with van der Waals surface area (Å²) in [5, 5.41) is 0.279. The molecule has 1 aromatic carbocycles. The third-order valence-corrected chi connectivity index (χ3v) is 4.18. The van der Waals surface area contributed by atoms with Crippen LogP contribution in [0.4, 0.5) is 4.39 Å². The minimum absolute atomic E-state index is 0.0808. The molecular weight excluding hydrogens is 211 g/mol. The number of hydrogen-bond acceptors (Lipinski definition) is 0. The summed E-state index contributed by atoms with van der Waals surface area (Å²) in [7, 11) is 0. The van der Waals surface area contributed by atoms with Crippen LogP contribution in [-0.2, 0) is 6.42 Å².